The Morgan fingerprint density at radius 2 is 1.87 bits per heavy atom. The molecular weight excluding hydrogens is 394 g/mol. The van der Waals surface area contributed by atoms with Gasteiger partial charge in [-0.2, -0.15) is 0 Å². The lowest BCUT2D eigenvalue weighted by atomic mass is 10.1. The Balaban J connectivity index is 1.77. The number of amides is 1. The van der Waals surface area contributed by atoms with E-state index in [9.17, 15) is 4.79 Å². The lowest BCUT2D eigenvalue weighted by molar-refractivity contribution is -0.894. The molecule has 30 heavy (non-hydrogen) atoms. The van der Waals surface area contributed by atoms with E-state index >= 15 is 0 Å². The maximum absolute atomic E-state index is 13.2. The van der Waals surface area contributed by atoms with Crippen molar-refractivity contribution in [3.8, 4) is 5.75 Å². The summed E-state index contributed by atoms with van der Waals surface area (Å²) in [4.78, 5) is 21.3. The Morgan fingerprint density at radius 1 is 1.13 bits per heavy atom. The van der Waals surface area contributed by atoms with E-state index in [-0.39, 0.29) is 5.91 Å². The Hall–Kier alpha value is -2.44. The number of fused-ring (bicyclic) bond motifs is 1. The summed E-state index contributed by atoms with van der Waals surface area (Å²) >= 11 is 1.61. The molecule has 0 fully saturated rings. The van der Waals surface area contributed by atoms with E-state index in [0.29, 0.717) is 19.6 Å². The predicted octanol–water partition coefficient (Wildman–Crippen LogP) is 3.64. The second kappa shape index (κ2) is 10.5. The zero-order valence-corrected chi connectivity index (χ0v) is 19.2. The quantitative estimate of drug-likeness (QED) is 0.538. The zero-order chi connectivity index (χ0) is 21.5. The number of aromatic nitrogens is 1. The van der Waals surface area contributed by atoms with Gasteiger partial charge in [0, 0.05) is 0 Å². The largest absolute Gasteiger partial charge is 0.493 e. The van der Waals surface area contributed by atoms with E-state index in [2.05, 4.69) is 39.8 Å². The smallest absolute Gasteiger partial charge is 0.232 e. The van der Waals surface area contributed by atoms with Crippen LogP contribution in [0, 0.1) is 13.8 Å². The normalized spacial score (nSPS) is 11.2. The summed E-state index contributed by atoms with van der Waals surface area (Å²) in [6.45, 7) is 12.6. The minimum atomic E-state index is 0.0610. The van der Waals surface area contributed by atoms with Crippen LogP contribution in [-0.4, -0.2) is 43.7 Å². The monoisotopic (exact) mass is 426 g/mol. The summed E-state index contributed by atoms with van der Waals surface area (Å²) < 4.78 is 6.91. The van der Waals surface area contributed by atoms with Crippen LogP contribution in [0.2, 0.25) is 0 Å². The molecule has 1 aromatic heterocycles. The van der Waals surface area contributed by atoms with Crippen molar-refractivity contribution < 1.29 is 14.4 Å². The molecule has 0 aliphatic heterocycles. The molecule has 0 saturated carbocycles. The van der Waals surface area contributed by atoms with Gasteiger partial charge in [0.25, 0.3) is 0 Å². The number of aryl methyl sites for hydroxylation is 2. The molecular formula is C24H32N3O2S+. The van der Waals surface area contributed by atoms with Crippen LogP contribution in [0.25, 0.3) is 10.2 Å². The average molecular weight is 427 g/mol. The first-order valence-electron chi connectivity index (χ1n) is 10.7. The first-order valence-corrected chi connectivity index (χ1v) is 11.5. The maximum atomic E-state index is 13.2. The fourth-order valence-corrected chi connectivity index (χ4v) is 4.65. The Morgan fingerprint density at radius 3 is 2.57 bits per heavy atom. The third kappa shape index (κ3) is 5.58. The Bertz CT molecular complexity index is 967. The van der Waals surface area contributed by atoms with Crippen molar-refractivity contribution in [1.82, 2.24) is 4.98 Å². The Kier molecular flexibility index (Phi) is 7.82. The third-order valence-corrected chi connectivity index (χ3v) is 6.59. The number of carbonyl (C=O) groups excluding carboxylic acids is 1. The number of anilines is 1. The highest BCUT2D eigenvalue weighted by Crippen LogP contribution is 2.32. The second-order valence-corrected chi connectivity index (χ2v) is 8.57. The molecule has 0 bridgehead atoms. The molecule has 0 atom stereocenters. The summed E-state index contributed by atoms with van der Waals surface area (Å²) in [7, 11) is 0. The molecule has 1 N–H and O–H groups in total. The highest BCUT2D eigenvalue weighted by molar-refractivity contribution is 7.22. The van der Waals surface area contributed by atoms with Crippen LogP contribution in [0.3, 0.4) is 0 Å². The molecule has 5 nitrogen and oxygen atoms in total. The van der Waals surface area contributed by atoms with E-state index < -0.39 is 0 Å². The van der Waals surface area contributed by atoms with Crippen LogP contribution in [-0.2, 0) is 4.79 Å². The van der Waals surface area contributed by atoms with Gasteiger partial charge in [-0.15, -0.1) is 0 Å². The molecule has 1 heterocycles. The summed E-state index contributed by atoms with van der Waals surface area (Å²) in [6.07, 6.45) is 0.330. The van der Waals surface area contributed by atoms with Crippen molar-refractivity contribution in [3.63, 3.8) is 0 Å². The van der Waals surface area contributed by atoms with E-state index in [1.807, 2.05) is 35.2 Å². The van der Waals surface area contributed by atoms with Crippen LogP contribution in [0.4, 0.5) is 5.13 Å². The van der Waals surface area contributed by atoms with Crippen molar-refractivity contribution in [2.75, 3.05) is 37.7 Å². The number of likely N-dealkylation sites (N-methyl/N-ethyl adjacent to an activating group) is 1. The lowest BCUT2D eigenvalue weighted by Gasteiger charge is -2.23. The fraction of sp³-hybridized carbons (Fsp3) is 0.417. The topological polar surface area (TPSA) is 46.9 Å². The minimum absolute atomic E-state index is 0.0610. The van der Waals surface area contributed by atoms with Gasteiger partial charge in [0.1, 0.15) is 5.75 Å². The number of carbonyl (C=O) groups is 1. The molecule has 0 aliphatic carbocycles. The van der Waals surface area contributed by atoms with Crippen LogP contribution in [0.15, 0.2) is 42.5 Å². The van der Waals surface area contributed by atoms with Crippen molar-refractivity contribution in [2.45, 2.75) is 34.1 Å². The van der Waals surface area contributed by atoms with Crippen LogP contribution in [0.5, 0.6) is 5.75 Å². The molecule has 6 heteroatoms. The SMILES string of the molecule is CC[NH+](CC)CCN(C(=O)CCOc1ccccc1)c1nc2cc(C)cc(C)c2s1. The lowest BCUT2D eigenvalue weighted by Crippen LogP contribution is -3.12. The number of para-hydroxylation sites is 1. The molecule has 0 radical (unpaired) electrons. The molecule has 2 aromatic carbocycles. The van der Waals surface area contributed by atoms with Gasteiger partial charge in [-0.1, -0.05) is 35.6 Å². The fourth-order valence-electron chi connectivity index (χ4n) is 3.59. The number of benzene rings is 2. The third-order valence-electron chi connectivity index (χ3n) is 5.36. The number of rotatable bonds is 10. The van der Waals surface area contributed by atoms with Crippen LogP contribution >= 0.6 is 11.3 Å². The average Bonchev–Trinajstić information content (AvgIpc) is 3.16. The van der Waals surface area contributed by atoms with Gasteiger partial charge in [0.15, 0.2) is 5.13 Å². The number of nitrogens with one attached hydrogen (secondary N) is 1. The summed E-state index contributed by atoms with van der Waals surface area (Å²) in [5.41, 5.74) is 3.38. The molecule has 0 aliphatic rings. The number of ether oxygens (including phenoxy) is 1. The molecule has 1 amide bonds. The van der Waals surface area contributed by atoms with Gasteiger partial charge < -0.3 is 9.64 Å². The van der Waals surface area contributed by atoms with E-state index in [1.54, 1.807) is 11.3 Å². The molecule has 3 rings (SSSR count). The first kappa shape index (κ1) is 22.2. The zero-order valence-electron chi connectivity index (χ0n) is 18.4. The Labute approximate surface area is 183 Å². The predicted molar refractivity (Wildman–Crippen MR) is 125 cm³/mol. The summed E-state index contributed by atoms with van der Waals surface area (Å²) in [5.74, 6) is 0.849. The van der Waals surface area contributed by atoms with Gasteiger partial charge in [0.05, 0.1) is 49.4 Å². The number of nitrogens with zero attached hydrogens (tertiary/aromatic N) is 2. The van der Waals surface area contributed by atoms with Crippen molar-refractivity contribution in [3.05, 3.63) is 53.6 Å². The van der Waals surface area contributed by atoms with Gasteiger partial charge in [-0.3, -0.25) is 9.69 Å². The van der Waals surface area contributed by atoms with Crippen molar-refractivity contribution in [1.29, 1.82) is 0 Å². The molecule has 0 unspecified atom stereocenters. The maximum Gasteiger partial charge on any atom is 0.232 e. The van der Waals surface area contributed by atoms with E-state index in [0.717, 1.165) is 40.7 Å². The molecule has 0 spiro atoms. The summed E-state index contributed by atoms with van der Waals surface area (Å²) in [6, 6.07) is 13.9. The van der Waals surface area contributed by atoms with E-state index in [1.165, 1.54) is 16.0 Å². The van der Waals surface area contributed by atoms with Gasteiger partial charge in [0.2, 0.25) is 5.91 Å². The highest BCUT2D eigenvalue weighted by atomic mass is 32.1. The van der Waals surface area contributed by atoms with Gasteiger partial charge in [-0.05, 0) is 57.0 Å². The van der Waals surface area contributed by atoms with Crippen molar-refractivity contribution in [2.24, 2.45) is 0 Å². The van der Waals surface area contributed by atoms with Crippen LogP contribution in [0.1, 0.15) is 31.4 Å². The molecule has 3 aromatic rings. The highest BCUT2D eigenvalue weighted by Gasteiger charge is 2.22. The van der Waals surface area contributed by atoms with E-state index in [4.69, 9.17) is 9.72 Å². The van der Waals surface area contributed by atoms with Crippen molar-refractivity contribution >= 4 is 32.6 Å². The number of thiazole rings is 1. The minimum Gasteiger partial charge on any atom is -0.493 e. The summed E-state index contributed by atoms with van der Waals surface area (Å²) in [5, 5.41) is 0.787. The number of hydrogen-bond acceptors (Lipinski definition) is 4. The number of quaternary nitrogens is 1. The van der Waals surface area contributed by atoms with Gasteiger partial charge in [-0.25, -0.2) is 4.98 Å². The first-order chi connectivity index (χ1) is 14.5. The molecule has 0 saturated heterocycles. The van der Waals surface area contributed by atoms with Gasteiger partial charge >= 0.3 is 0 Å². The number of hydrogen-bond donors (Lipinski definition) is 1. The second-order valence-electron chi connectivity index (χ2n) is 7.59. The molecule has 160 valence electrons. The standard InChI is InChI=1S/C24H31N3O2S/c1-5-26(6-2)13-14-27(22(28)12-15-29-20-10-8-7-9-11-20)24-25-21-17-18(3)16-19(4)23(21)30-24/h7-11,16-17H,5-6,12-15H2,1-4H3/p+1. The van der Waals surface area contributed by atoms with Crippen LogP contribution < -0.4 is 14.5 Å².